The zero-order valence-corrected chi connectivity index (χ0v) is 28.6. The number of rotatable bonds is 4. The molecule has 3 unspecified atom stereocenters. The Kier molecular flexibility index (Phi) is 6.69. The van der Waals surface area contributed by atoms with Gasteiger partial charge < -0.3 is 44.1 Å². The molecule has 0 aromatic carbocycles. The summed E-state index contributed by atoms with van der Waals surface area (Å²) >= 11 is 0. The highest BCUT2D eigenvalue weighted by molar-refractivity contribution is 5.34. The van der Waals surface area contributed by atoms with Gasteiger partial charge in [0.25, 0.3) is 0 Å². The van der Waals surface area contributed by atoms with Crippen LogP contribution in [0.25, 0.3) is 0 Å². The summed E-state index contributed by atoms with van der Waals surface area (Å²) in [6, 6.07) is 0. The molecule has 5 saturated carbocycles. The summed E-state index contributed by atoms with van der Waals surface area (Å²) in [5.74, 6) is 0.346. The molecule has 5 aliphatic carbocycles. The molecule has 0 radical (unpaired) electrons. The van der Waals surface area contributed by atoms with Crippen molar-refractivity contribution in [1.82, 2.24) is 0 Å². The van der Waals surface area contributed by atoms with E-state index in [0.717, 1.165) is 38.5 Å². The average Bonchev–Trinajstić information content (AvgIpc) is 3.50. The van der Waals surface area contributed by atoms with E-state index in [4.69, 9.17) is 23.7 Å². The van der Waals surface area contributed by atoms with Crippen molar-refractivity contribution in [3.8, 4) is 0 Å². The molecule has 3 spiro atoms. The maximum Gasteiger partial charge on any atom is 0.199 e. The zero-order chi connectivity index (χ0) is 32.3. The Morgan fingerprint density at radius 2 is 1.53 bits per heavy atom. The maximum atomic E-state index is 12.8. The monoisotopic (exact) mass is 634 g/mol. The molecule has 3 heterocycles. The molecule has 8 rings (SSSR count). The van der Waals surface area contributed by atoms with Gasteiger partial charge >= 0.3 is 0 Å². The van der Waals surface area contributed by atoms with Crippen LogP contribution in [0.5, 0.6) is 0 Å². The van der Waals surface area contributed by atoms with Crippen LogP contribution in [0.15, 0.2) is 0 Å². The van der Waals surface area contributed by atoms with Crippen molar-refractivity contribution < 1.29 is 44.1 Å². The van der Waals surface area contributed by atoms with Crippen LogP contribution in [0, 0.1) is 50.7 Å². The van der Waals surface area contributed by atoms with E-state index in [2.05, 4.69) is 48.5 Å². The minimum atomic E-state index is -1.28. The Hall–Kier alpha value is -0.360. The SMILES string of the molecule is COC(C)(C)[C@@H]1O[C@@]23O[C@@H]1CC(C)C2[C@@]1(C)CC[C@@]24C[C@@]25CC[C@H](O[C@@H]2OC[C@H](O)[C@H](O)[C@H]2O)C(C)(C)C5CC[C@H]4[C@]1(C)[C@H]3O. The molecule has 0 aromatic rings. The fourth-order valence-electron chi connectivity index (χ4n) is 14.1. The zero-order valence-electron chi connectivity index (χ0n) is 28.6. The van der Waals surface area contributed by atoms with E-state index in [9.17, 15) is 20.4 Å². The van der Waals surface area contributed by atoms with Gasteiger partial charge in [0, 0.05) is 18.4 Å². The van der Waals surface area contributed by atoms with Gasteiger partial charge in [0.05, 0.1) is 24.4 Å². The van der Waals surface area contributed by atoms with E-state index in [1.165, 1.54) is 12.8 Å². The van der Waals surface area contributed by atoms with E-state index < -0.39 is 42.1 Å². The lowest BCUT2D eigenvalue weighted by atomic mass is 9.41. The molecular formula is C36H58O9. The topological polar surface area (TPSA) is 127 Å². The quantitative estimate of drug-likeness (QED) is 0.342. The average molecular weight is 635 g/mol. The minimum absolute atomic E-state index is 0.0487. The third-order valence-electron chi connectivity index (χ3n) is 16.4. The number of hydrogen-bond acceptors (Lipinski definition) is 9. The highest BCUT2D eigenvalue weighted by Gasteiger charge is 2.88. The molecule has 0 amide bonds. The number of fused-ring (bicyclic) bond motifs is 4. The lowest BCUT2D eigenvalue weighted by Crippen LogP contribution is -2.61. The predicted molar refractivity (Wildman–Crippen MR) is 164 cm³/mol. The van der Waals surface area contributed by atoms with Crippen LogP contribution in [0.3, 0.4) is 0 Å². The molecule has 3 aliphatic heterocycles. The Morgan fingerprint density at radius 3 is 2.24 bits per heavy atom. The van der Waals surface area contributed by atoms with E-state index in [1.807, 2.05) is 0 Å². The van der Waals surface area contributed by atoms with Gasteiger partial charge in [0.1, 0.15) is 30.5 Å². The molecule has 9 heteroatoms. The van der Waals surface area contributed by atoms with E-state index in [1.54, 1.807) is 7.11 Å². The van der Waals surface area contributed by atoms with Gasteiger partial charge in [-0.3, -0.25) is 0 Å². The maximum absolute atomic E-state index is 12.8. The second kappa shape index (κ2) is 9.45. The molecule has 45 heavy (non-hydrogen) atoms. The molecule has 3 saturated heterocycles. The van der Waals surface area contributed by atoms with E-state index >= 15 is 0 Å². The summed E-state index contributed by atoms with van der Waals surface area (Å²) in [7, 11) is 1.74. The van der Waals surface area contributed by atoms with Crippen molar-refractivity contribution in [2.45, 2.75) is 160 Å². The van der Waals surface area contributed by atoms with Crippen LogP contribution in [-0.4, -0.2) is 94.5 Å². The molecule has 2 bridgehead atoms. The summed E-state index contributed by atoms with van der Waals surface area (Å²) in [6.07, 6.45) is 2.70. The van der Waals surface area contributed by atoms with E-state index in [-0.39, 0.29) is 57.9 Å². The van der Waals surface area contributed by atoms with E-state index in [0.29, 0.717) is 17.8 Å². The van der Waals surface area contributed by atoms with Crippen molar-refractivity contribution in [1.29, 1.82) is 0 Å². The van der Waals surface area contributed by atoms with Gasteiger partial charge in [0.2, 0.25) is 0 Å². The van der Waals surface area contributed by atoms with Crippen molar-refractivity contribution in [3.63, 3.8) is 0 Å². The number of ether oxygens (including phenoxy) is 5. The van der Waals surface area contributed by atoms with Gasteiger partial charge in [-0.1, -0.05) is 34.6 Å². The first-order chi connectivity index (χ1) is 21.0. The largest absolute Gasteiger partial charge is 0.388 e. The summed E-state index contributed by atoms with van der Waals surface area (Å²) < 4.78 is 32.1. The van der Waals surface area contributed by atoms with Crippen LogP contribution in [0.2, 0.25) is 0 Å². The molecule has 8 aliphatic rings. The molecule has 8 fully saturated rings. The highest BCUT2D eigenvalue weighted by Crippen LogP contribution is 2.90. The lowest BCUT2D eigenvalue weighted by molar-refractivity contribution is -0.303. The van der Waals surface area contributed by atoms with Crippen molar-refractivity contribution in [2.24, 2.45) is 50.7 Å². The van der Waals surface area contributed by atoms with Crippen molar-refractivity contribution >= 4 is 0 Å². The number of methoxy groups -OCH3 is 1. The van der Waals surface area contributed by atoms with Gasteiger partial charge in [-0.15, -0.1) is 0 Å². The first-order valence-corrected chi connectivity index (χ1v) is 17.9. The molecule has 9 nitrogen and oxygen atoms in total. The predicted octanol–water partition coefficient (Wildman–Crippen LogP) is 3.78. The Labute approximate surface area is 268 Å². The normalized spacial score (nSPS) is 61.1. The van der Waals surface area contributed by atoms with Crippen LogP contribution in [0.4, 0.5) is 0 Å². The second-order valence-electron chi connectivity index (χ2n) is 18.4. The smallest absolute Gasteiger partial charge is 0.199 e. The molecule has 17 atom stereocenters. The van der Waals surface area contributed by atoms with Crippen LogP contribution < -0.4 is 0 Å². The van der Waals surface area contributed by atoms with Crippen LogP contribution in [-0.2, 0) is 23.7 Å². The Bertz CT molecular complexity index is 1220. The summed E-state index contributed by atoms with van der Waals surface area (Å²) in [5.41, 5.74) is -0.717. The number of aliphatic hydroxyl groups is 4. The standard InChI is InChI=1S/C36H58O9/c1-18-15-20-27(31(4,5)41-8)45-36(44-20)26(18)32(6)13-14-35-17-34(35)12-11-23(43-28-25(39)24(38)19(37)16-42-28)30(2,3)21(34)9-10-22(35)33(32,7)29(36)40/h18-29,37-40H,9-17H2,1-8H3/t18?,19-,20+,21?,22-,23-,24-,25+,26?,27+,28-,29+,32+,33+,34+,35-,36-/m0/s1. The van der Waals surface area contributed by atoms with Gasteiger partial charge in [-0.2, -0.15) is 0 Å². The molecular weight excluding hydrogens is 576 g/mol. The number of hydrogen-bond donors (Lipinski definition) is 4. The van der Waals surface area contributed by atoms with Gasteiger partial charge in [0.15, 0.2) is 12.1 Å². The summed E-state index contributed by atoms with van der Waals surface area (Å²) in [4.78, 5) is 0. The fraction of sp³-hybridized carbons (Fsp3) is 1.00. The number of aliphatic hydroxyl groups excluding tert-OH is 4. The first-order valence-electron chi connectivity index (χ1n) is 17.9. The fourth-order valence-corrected chi connectivity index (χ4v) is 14.1. The first kappa shape index (κ1) is 31.9. The van der Waals surface area contributed by atoms with Gasteiger partial charge in [-0.25, -0.2) is 0 Å². The highest BCUT2D eigenvalue weighted by atomic mass is 16.8. The van der Waals surface area contributed by atoms with Crippen molar-refractivity contribution in [3.05, 3.63) is 0 Å². The Balaban J connectivity index is 1.10. The third kappa shape index (κ3) is 3.57. The summed E-state index contributed by atoms with van der Waals surface area (Å²) in [6.45, 7) is 16.0. The minimum Gasteiger partial charge on any atom is -0.388 e. The van der Waals surface area contributed by atoms with Crippen LogP contribution >= 0.6 is 0 Å². The Morgan fingerprint density at radius 1 is 0.844 bits per heavy atom. The third-order valence-corrected chi connectivity index (χ3v) is 16.4. The molecule has 4 N–H and O–H groups in total. The second-order valence-corrected chi connectivity index (χ2v) is 18.4. The lowest BCUT2D eigenvalue weighted by Gasteiger charge is -2.63. The molecule has 256 valence electrons. The van der Waals surface area contributed by atoms with Gasteiger partial charge in [-0.05, 0) is 105 Å². The van der Waals surface area contributed by atoms with Crippen LogP contribution in [0.1, 0.15) is 99.8 Å². The summed E-state index contributed by atoms with van der Waals surface area (Å²) in [5, 5.41) is 43.6. The molecule has 0 aromatic heterocycles. The van der Waals surface area contributed by atoms with Crippen molar-refractivity contribution in [2.75, 3.05) is 13.7 Å².